The Hall–Kier alpha value is -2.29. The van der Waals surface area contributed by atoms with Gasteiger partial charge in [-0.05, 0) is 49.2 Å². The zero-order chi connectivity index (χ0) is 21.8. The first-order valence-corrected chi connectivity index (χ1v) is 12.2. The molecule has 0 N–H and O–H groups in total. The second-order valence-corrected chi connectivity index (χ2v) is 10.2. The first-order valence-electron chi connectivity index (χ1n) is 10.7. The van der Waals surface area contributed by atoms with Gasteiger partial charge in [0.25, 0.3) is 0 Å². The molecule has 0 aromatic heterocycles. The van der Waals surface area contributed by atoms with Crippen molar-refractivity contribution in [2.75, 3.05) is 39.3 Å². The van der Waals surface area contributed by atoms with E-state index >= 15 is 0 Å². The van der Waals surface area contributed by atoms with Gasteiger partial charge < -0.3 is 4.90 Å². The highest BCUT2D eigenvalue weighted by atomic mass is 32.2. The van der Waals surface area contributed by atoms with E-state index in [9.17, 15) is 17.6 Å². The lowest BCUT2D eigenvalue weighted by Crippen LogP contribution is -2.53. The number of piperidine rings is 1. The van der Waals surface area contributed by atoms with E-state index in [0.29, 0.717) is 44.2 Å². The van der Waals surface area contributed by atoms with Crippen LogP contribution < -0.4 is 0 Å². The molecule has 2 aromatic carbocycles. The summed E-state index contributed by atoms with van der Waals surface area (Å²) in [4.78, 5) is 17.4. The molecule has 1 amide bonds. The number of rotatable bonds is 5. The van der Waals surface area contributed by atoms with Crippen molar-refractivity contribution >= 4 is 15.9 Å². The number of carbonyl (C=O) groups excluding carboxylic acids is 1. The lowest BCUT2D eigenvalue weighted by atomic mass is 9.95. The maximum atomic E-state index is 13.1. The third kappa shape index (κ3) is 5.14. The van der Waals surface area contributed by atoms with Crippen LogP contribution in [0.25, 0.3) is 0 Å². The number of piperazine rings is 1. The smallest absolute Gasteiger partial charge is 0.243 e. The Labute approximate surface area is 183 Å². The van der Waals surface area contributed by atoms with Gasteiger partial charge in [-0.1, -0.05) is 30.3 Å². The molecule has 0 saturated carbocycles. The summed E-state index contributed by atoms with van der Waals surface area (Å²) in [6.45, 7) is 3.76. The SMILES string of the molecule is O=C([C@@H]1CCCN(Cc2ccc(F)cc2)C1)N1CCN(S(=O)(=O)c2ccccc2)CC1. The lowest BCUT2D eigenvalue weighted by Gasteiger charge is -2.38. The minimum atomic E-state index is -3.52. The van der Waals surface area contributed by atoms with Crippen molar-refractivity contribution in [2.45, 2.75) is 24.3 Å². The summed E-state index contributed by atoms with van der Waals surface area (Å²) >= 11 is 0. The number of hydrogen-bond donors (Lipinski definition) is 0. The Balaban J connectivity index is 1.32. The molecule has 2 fully saturated rings. The Morgan fingerprint density at radius 2 is 1.61 bits per heavy atom. The number of likely N-dealkylation sites (tertiary alicyclic amines) is 1. The monoisotopic (exact) mass is 445 g/mol. The quantitative estimate of drug-likeness (QED) is 0.710. The van der Waals surface area contributed by atoms with E-state index in [2.05, 4.69) is 4.90 Å². The van der Waals surface area contributed by atoms with Crippen molar-refractivity contribution in [1.82, 2.24) is 14.1 Å². The van der Waals surface area contributed by atoms with Gasteiger partial charge in [-0.15, -0.1) is 0 Å². The van der Waals surface area contributed by atoms with Gasteiger partial charge in [0.1, 0.15) is 5.82 Å². The van der Waals surface area contributed by atoms with Crippen LogP contribution in [-0.4, -0.2) is 67.7 Å². The molecule has 1 atom stereocenters. The van der Waals surface area contributed by atoms with Crippen LogP contribution in [0.4, 0.5) is 4.39 Å². The van der Waals surface area contributed by atoms with Crippen LogP contribution in [0.3, 0.4) is 0 Å². The summed E-state index contributed by atoms with van der Waals surface area (Å²) in [7, 11) is -3.52. The Morgan fingerprint density at radius 1 is 0.935 bits per heavy atom. The normalized spacial score (nSPS) is 21.2. The molecule has 2 heterocycles. The van der Waals surface area contributed by atoms with Crippen LogP contribution >= 0.6 is 0 Å². The second kappa shape index (κ2) is 9.46. The third-order valence-electron chi connectivity index (χ3n) is 6.11. The Bertz CT molecular complexity index is 990. The summed E-state index contributed by atoms with van der Waals surface area (Å²) < 4.78 is 40.2. The topological polar surface area (TPSA) is 60.9 Å². The summed E-state index contributed by atoms with van der Waals surface area (Å²) in [5, 5.41) is 0. The van der Waals surface area contributed by atoms with Crippen molar-refractivity contribution in [3.63, 3.8) is 0 Å². The van der Waals surface area contributed by atoms with E-state index < -0.39 is 10.0 Å². The number of benzene rings is 2. The first kappa shape index (κ1) is 21.9. The van der Waals surface area contributed by atoms with E-state index in [4.69, 9.17) is 0 Å². The molecule has 0 unspecified atom stereocenters. The number of halogens is 1. The van der Waals surface area contributed by atoms with Gasteiger partial charge in [0.05, 0.1) is 10.8 Å². The molecular formula is C23H28FN3O3S. The number of carbonyl (C=O) groups is 1. The molecule has 8 heteroatoms. The van der Waals surface area contributed by atoms with Crippen LogP contribution in [0, 0.1) is 11.7 Å². The van der Waals surface area contributed by atoms with Gasteiger partial charge in [0.15, 0.2) is 0 Å². The van der Waals surface area contributed by atoms with Crippen LogP contribution in [0.1, 0.15) is 18.4 Å². The maximum Gasteiger partial charge on any atom is 0.243 e. The summed E-state index contributed by atoms with van der Waals surface area (Å²) in [6.07, 6.45) is 1.79. The molecule has 166 valence electrons. The Morgan fingerprint density at radius 3 is 2.29 bits per heavy atom. The van der Waals surface area contributed by atoms with Gasteiger partial charge in [-0.25, -0.2) is 12.8 Å². The highest BCUT2D eigenvalue weighted by Gasteiger charge is 2.34. The van der Waals surface area contributed by atoms with Crippen molar-refractivity contribution in [3.05, 3.63) is 66.0 Å². The molecule has 0 spiro atoms. The average molecular weight is 446 g/mol. The zero-order valence-corrected chi connectivity index (χ0v) is 18.3. The number of amides is 1. The third-order valence-corrected chi connectivity index (χ3v) is 8.02. The standard InChI is InChI=1S/C23H28FN3O3S/c24-21-10-8-19(9-11-21)17-25-12-4-5-20(18-25)23(28)26-13-15-27(16-14-26)31(29,30)22-6-2-1-3-7-22/h1-3,6-11,20H,4-5,12-18H2/t20-/m1/s1. The van der Waals surface area contributed by atoms with E-state index in [1.165, 1.54) is 16.4 Å². The van der Waals surface area contributed by atoms with Crippen LogP contribution in [0.15, 0.2) is 59.5 Å². The largest absolute Gasteiger partial charge is 0.340 e. The Kier molecular flexibility index (Phi) is 6.69. The predicted molar refractivity (Wildman–Crippen MR) is 116 cm³/mol. The van der Waals surface area contributed by atoms with Crippen molar-refractivity contribution in [1.29, 1.82) is 0 Å². The van der Waals surface area contributed by atoms with Crippen molar-refractivity contribution in [3.8, 4) is 0 Å². The molecule has 0 aliphatic carbocycles. The van der Waals surface area contributed by atoms with Crippen LogP contribution in [0.5, 0.6) is 0 Å². The van der Waals surface area contributed by atoms with Crippen LogP contribution in [-0.2, 0) is 21.4 Å². The first-order chi connectivity index (χ1) is 14.9. The summed E-state index contributed by atoms with van der Waals surface area (Å²) in [5.41, 5.74) is 1.04. The summed E-state index contributed by atoms with van der Waals surface area (Å²) in [6, 6.07) is 14.9. The van der Waals surface area contributed by atoms with Gasteiger partial charge >= 0.3 is 0 Å². The zero-order valence-electron chi connectivity index (χ0n) is 17.5. The maximum absolute atomic E-state index is 13.1. The van der Waals surface area contributed by atoms with Crippen LogP contribution in [0.2, 0.25) is 0 Å². The fraction of sp³-hybridized carbons (Fsp3) is 0.435. The van der Waals surface area contributed by atoms with Gasteiger partial charge in [0, 0.05) is 39.3 Å². The number of hydrogen-bond acceptors (Lipinski definition) is 4. The highest BCUT2D eigenvalue weighted by molar-refractivity contribution is 7.89. The fourth-order valence-corrected chi connectivity index (χ4v) is 5.84. The molecular weight excluding hydrogens is 417 g/mol. The molecule has 2 aliphatic rings. The van der Waals surface area contributed by atoms with Gasteiger partial charge in [-0.3, -0.25) is 9.69 Å². The van der Waals surface area contributed by atoms with E-state index in [1.807, 2.05) is 4.90 Å². The van der Waals surface area contributed by atoms with E-state index in [-0.39, 0.29) is 17.6 Å². The molecule has 0 radical (unpaired) electrons. The molecule has 0 bridgehead atoms. The van der Waals surface area contributed by atoms with E-state index in [1.54, 1.807) is 42.5 Å². The molecule has 2 aromatic rings. The van der Waals surface area contributed by atoms with Gasteiger partial charge in [0.2, 0.25) is 15.9 Å². The van der Waals surface area contributed by atoms with Crippen molar-refractivity contribution in [2.24, 2.45) is 5.92 Å². The fourth-order valence-electron chi connectivity index (χ4n) is 4.40. The summed E-state index contributed by atoms with van der Waals surface area (Å²) in [5.74, 6) is -0.212. The average Bonchev–Trinajstić information content (AvgIpc) is 2.81. The minimum Gasteiger partial charge on any atom is -0.340 e. The minimum absolute atomic E-state index is 0.0773. The molecule has 6 nitrogen and oxygen atoms in total. The molecule has 4 rings (SSSR count). The molecule has 2 aliphatic heterocycles. The van der Waals surface area contributed by atoms with E-state index in [0.717, 1.165) is 24.9 Å². The number of sulfonamides is 1. The van der Waals surface area contributed by atoms with Crippen molar-refractivity contribution < 1.29 is 17.6 Å². The second-order valence-electron chi connectivity index (χ2n) is 8.24. The molecule has 2 saturated heterocycles. The number of nitrogens with zero attached hydrogens (tertiary/aromatic N) is 3. The highest BCUT2D eigenvalue weighted by Crippen LogP contribution is 2.23. The molecule has 31 heavy (non-hydrogen) atoms. The predicted octanol–water partition coefficient (Wildman–Crippen LogP) is 2.57. The van der Waals surface area contributed by atoms with Gasteiger partial charge in [-0.2, -0.15) is 4.31 Å². The lowest BCUT2D eigenvalue weighted by molar-refractivity contribution is -0.138.